The van der Waals surface area contributed by atoms with Crippen molar-refractivity contribution < 1.29 is 14.5 Å². The molecule has 0 aliphatic rings. The molecular formula is C17H17ClN2O4. The summed E-state index contributed by atoms with van der Waals surface area (Å²) in [7, 11) is 1.62. The molecule has 0 heterocycles. The lowest BCUT2D eigenvalue weighted by atomic mass is 10.1. The highest BCUT2D eigenvalue weighted by Gasteiger charge is 2.20. The van der Waals surface area contributed by atoms with E-state index < -0.39 is 4.92 Å². The van der Waals surface area contributed by atoms with Crippen molar-refractivity contribution in [1.82, 2.24) is 4.90 Å². The molecule has 0 N–H and O–H groups in total. The summed E-state index contributed by atoms with van der Waals surface area (Å²) in [5.41, 5.74) is 0.795. The molecule has 6 nitrogen and oxygen atoms in total. The largest absolute Gasteiger partial charge is 0.487 e. The van der Waals surface area contributed by atoms with E-state index in [9.17, 15) is 14.9 Å². The van der Waals surface area contributed by atoms with E-state index in [2.05, 4.69) is 0 Å². The molecular weight excluding hydrogens is 332 g/mol. The quantitative estimate of drug-likeness (QED) is 0.586. The number of ether oxygens (including phenoxy) is 1. The average molecular weight is 349 g/mol. The number of benzene rings is 2. The van der Waals surface area contributed by atoms with Gasteiger partial charge in [0.05, 0.1) is 11.5 Å². The zero-order valence-electron chi connectivity index (χ0n) is 13.4. The standard InChI is InChI=1S/C17H17ClN2O4/c1-3-24-16-9-8-12(10-15(16)20(22)23)17(21)19(2)11-13-6-4-5-7-14(13)18/h4-10H,3,11H2,1-2H3. The van der Waals surface area contributed by atoms with Crippen LogP contribution in [0.4, 0.5) is 5.69 Å². The SMILES string of the molecule is CCOc1ccc(C(=O)N(C)Cc2ccccc2Cl)cc1[N+](=O)[O-]. The molecule has 2 aromatic rings. The van der Waals surface area contributed by atoms with E-state index in [0.717, 1.165) is 5.56 Å². The minimum atomic E-state index is -0.560. The lowest BCUT2D eigenvalue weighted by Gasteiger charge is -2.18. The van der Waals surface area contributed by atoms with E-state index in [1.165, 1.54) is 23.1 Å². The second-order valence-corrected chi connectivity index (χ2v) is 5.53. The number of nitro benzene ring substituents is 1. The molecule has 0 saturated heterocycles. The number of amides is 1. The maximum Gasteiger partial charge on any atom is 0.311 e. The molecule has 0 bridgehead atoms. The van der Waals surface area contributed by atoms with Crippen LogP contribution in [0.2, 0.25) is 5.02 Å². The second kappa shape index (κ2) is 7.79. The predicted octanol–water partition coefficient (Wildman–Crippen LogP) is 3.92. The van der Waals surface area contributed by atoms with Gasteiger partial charge in [0.1, 0.15) is 0 Å². The van der Waals surface area contributed by atoms with E-state index in [4.69, 9.17) is 16.3 Å². The van der Waals surface area contributed by atoms with Gasteiger partial charge in [-0.3, -0.25) is 14.9 Å². The van der Waals surface area contributed by atoms with Crippen molar-refractivity contribution in [3.05, 3.63) is 68.7 Å². The summed E-state index contributed by atoms with van der Waals surface area (Å²) < 4.78 is 5.22. The fraction of sp³-hybridized carbons (Fsp3) is 0.235. The zero-order chi connectivity index (χ0) is 17.7. The van der Waals surface area contributed by atoms with Gasteiger partial charge in [0.25, 0.3) is 5.91 Å². The summed E-state index contributed by atoms with van der Waals surface area (Å²) in [6, 6.07) is 11.4. The number of carbonyl (C=O) groups excluding carboxylic acids is 1. The number of hydrogen-bond acceptors (Lipinski definition) is 4. The van der Waals surface area contributed by atoms with Gasteiger partial charge < -0.3 is 9.64 Å². The Balaban J connectivity index is 2.24. The Hall–Kier alpha value is -2.60. The molecule has 0 saturated carbocycles. The van der Waals surface area contributed by atoms with Gasteiger partial charge >= 0.3 is 5.69 Å². The highest BCUT2D eigenvalue weighted by Crippen LogP contribution is 2.28. The third kappa shape index (κ3) is 4.02. The van der Waals surface area contributed by atoms with Crippen LogP contribution in [0.3, 0.4) is 0 Å². The molecule has 24 heavy (non-hydrogen) atoms. The molecule has 1 amide bonds. The predicted molar refractivity (Wildman–Crippen MR) is 91.5 cm³/mol. The minimum absolute atomic E-state index is 0.146. The lowest BCUT2D eigenvalue weighted by molar-refractivity contribution is -0.385. The van der Waals surface area contributed by atoms with Crippen LogP contribution in [0.15, 0.2) is 42.5 Å². The zero-order valence-corrected chi connectivity index (χ0v) is 14.1. The van der Waals surface area contributed by atoms with Crippen molar-refractivity contribution in [2.75, 3.05) is 13.7 Å². The monoisotopic (exact) mass is 348 g/mol. The first-order valence-corrected chi connectivity index (χ1v) is 7.72. The van der Waals surface area contributed by atoms with Gasteiger partial charge in [-0.05, 0) is 30.7 Å². The molecule has 0 spiro atoms. The summed E-state index contributed by atoms with van der Waals surface area (Å²) in [6.07, 6.45) is 0. The number of nitrogens with zero attached hydrogens (tertiary/aromatic N) is 2. The molecule has 0 radical (unpaired) electrons. The third-order valence-electron chi connectivity index (χ3n) is 3.41. The number of rotatable bonds is 6. The van der Waals surface area contributed by atoms with Crippen LogP contribution in [0.5, 0.6) is 5.75 Å². The Morgan fingerprint density at radius 1 is 1.29 bits per heavy atom. The Kier molecular flexibility index (Phi) is 5.76. The highest BCUT2D eigenvalue weighted by atomic mass is 35.5. The molecule has 0 aliphatic carbocycles. The van der Waals surface area contributed by atoms with Crippen molar-refractivity contribution in [3.8, 4) is 5.75 Å². The topological polar surface area (TPSA) is 72.7 Å². The molecule has 2 rings (SSSR count). The van der Waals surface area contributed by atoms with Gasteiger partial charge in [-0.2, -0.15) is 0 Å². The van der Waals surface area contributed by atoms with Gasteiger partial charge in [0, 0.05) is 30.2 Å². The van der Waals surface area contributed by atoms with Crippen LogP contribution < -0.4 is 4.74 Å². The van der Waals surface area contributed by atoms with Crippen molar-refractivity contribution in [2.24, 2.45) is 0 Å². The highest BCUT2D eigenvalue weighted by molar-refractivity contribution is 6.31. The molecule has 7 heteroatoms. The van der Waals surface area contributed by atoms with Crippen LogP contribution >= 0.6 is 11.6 Å². The smallest absolute Gasteiger partial charge is 0.311 e. The van der Waals surface area contributed by atoms with E-state index in [0.29, 0.717) is 18.2 Å². The number of halogens is 1. The summed E-state index contributed by atoms with van der Waals surface area (Å²) >= 11 is 6.10. The maximum absolute atomic E-state index is 12.5. The van der Waals surface area contributed by atoms with Gasteiger partial charge in [0.15, 0.2) is 5.75 Å². The van der Waals surface area contributed by atoms with E-state index in [-0.39, 0.29) is 22.9 Å². The first kappa shape index (κ1) is 17.7. The number of nitro groups is 1. The first-order valence-electron chi connectivity index (χ1n) is 7.34. The van der Waals surface area contributed by atoms with Crippen LogP contribution in [0.1, 0.15) is 22.8 Å². The molecule has 2 aromatic carbocycles. The molecule has 126 valence electrons. The Labute approximate surface area is 144 Å². The van der Waals surface area contributed by atoms with Crippen molar-refractivity contribution >= 4 is 23.2 Å². The molecule has 0 fully saturated rings. The van der Waals surface area contributed by atoms with E-state index >= 15 is 0 Å². The average Bonchev–Trinajstić information content (AvgIpc) is 2.56. The maximum atomic E-state index is 12.5. The van der Waals surface area contributed by atoms with Crippen molar-refractivity contribution in [2.45, 2.75) is 13.5 Å². The Bertz CT molecular complexity index is 764. The first-order chi connectivity index (χ1) is 11.4. The van der Waals surface area contributed by atoms with Crippen LogP contribution in [-0.4, -0.2) is 29.4 Å². The van der Waals surface area contributed by atoms with E-state index in [1.54, 1.807) is 20.0 Å². The summed E-state index contributed by atoms with van der Waals surface area (Å²) in [5, 5.41) is 11.7. The van der Waals surface area contributed by atoms with Gasteiger partial charge in [-0.25, -0.2) is 0 Å². The van der Waals surface area contributed by atoms with Gasteiger partial charge in [0.2, 0.25) is 0 Å². The van der Waals surface area contributed by atoms with Crippen molar-refractivity contribution in [1.29, 1.82) is 0 Å². The summed E-state index contributed by atoms with van der Waals surface area (Å²) in [6.45, 7) is 2.35. The van der Waals surface area contributed by atoms with Crippen molar-refractivity contribution in [3.63, 3.8) is 0 Å². The number of hydrogen-bond donors (Lipinski definition) is 0. The van der Waals surface area contributed by atoms with Crippen LogP contribution in [-0.2, 0) is 6.54 Å². The minimum Gasteiger partial charge on any atom is -0.487 e. The third-order valence-corrected chi connectivity index (χ3v) is 3.78. The Morgan fingerprint density at radius 3 is 2.62 bits per heavy atom. The lowest BCUT2D eigenvalue weighted by Crippen LogP contribution is -2.26. The fourth-order valence-electron chi connectivity index (χ4n) is 2.24. The normalized spacial score (nSPS) is 10.3. The van der Waals surface area contributed by atoms with Crippen LogP contribution in [0.25, 0.3) is 0 Å². The Morgan fingerprint density at radius 2 is 2.00 bits per heavy atom. The fourth-order valence-corrected chi connectivity index (χ4v) is 2.44. The number of carbonyl (C=O) groups is 1. The second-order valence-electron chi connectivity index (χ2n) is 5.13. The molecule has 0 aromatic heterocycles. The molecule has 0 aliphatic heterocycles. The van der Waals surface area contributed by atoms with Gasteiger partial charge in [-0.15, -0.1) is 0 Å². The van der Waals surface area contributed by atoms with E-state index in [1.807, 2.05) is 18.2 Å². The summed E-state index contributed by atoms with van der Waals surface area (Å²) in [4.78, 5) is 24.6. The summed E-state index contributed by atoms with van der Waals surface area (Å²) in [5.74, 6) is -0.186. The molecule has 0 atom stereocenters. The van der Waals surface area contributed by atoms with Gasteiger partial charge in [-0.1, -0.05) is 29.8 Å². The molecule has 0 unspecified atom stereocenters. The van der Waals surface area contributed by atoms with Crippen LogP contribution in [0, 0.1) is 10.1 Å².